The number of hydrogen-bond acceptors (Lipinski definition) is 5. The van der Waals surface area contributed by atoms with Crippen molar-refractivity contribution in [3.8, 4) is 0 Å². The van der Waals surface area contributed by atoms with E-state index in [9.17, 15) is 18.7 Å². The highest BCUT2D eigenvalue weighted by atomic mass is 19.1. The Kier molecular flexibility index (Phi) is 8.15. The summed E-state index contributed by atoms with van der Waals surface area (Å²) < 4.78 is 27.6. The number of aliphatic hydroxyl groups excluding tert-OH is 1. The smallest absolute Gasteiger partial charge is 0.271 e. The van der Waals surface area contributed by atoms with Gasteiger partial charge in [-0.2, -0.15) is 0 Å². The maximum atomic E-state index is 13.8. The Morgan fingerprint density at radius 1 is 1.14 bits per heavy atom. The van der Waals surface area contributed by atoms with Crippen LogP contribution >= 0.6 is 0 Å². The van der Waals surface area contributed by atoms with Crippen LogP contribution in [-0.2, 0) is 19.3 Å². The minimum atomic E-state index is -1.01. The van der Waals surface area contributed by atoms with Crippen molar-refractivity contribution in [3.63, 3.8) is 0 Å². The molecule has 0 spiro atoms. The van der Waals surface area contributed by atoms with Gasteiger partial charge < -0.3 is 15.7 Å². The van der Waals surface area contributed by atoms with E-state index in [0.29, 0.717) is 5.56 Å². The highest BCUT2D eigenvalue weighted by Crippen LogP contribution is 2.30. The number of aliphatic hydroxyl groups is 1. The molecule has 0 saturated heterocycles. The first kappa shape index (κ1) is 24.9. The Labute approximate surface area is 203 Å². The van der Waals surface area contributed by atoms with E-state index < -0.39 is 29.7 Å². The van der Waals surface area contributed by atoms with Crippen LogP contribution in [-0.4, -0.2) is 39.7 Å². The first-order valence-electron chi connectivity index (χ1n) is 12.0. The summed E-state index contributed by atoms with van der Waals surface area (Å²) in [6.45, 7) is 2.32. The summed E-state index contributed by atoms with van der Waals surface area (Å²) in [4.78, 5) is 20.6. The molecule has 1 aliphatic rings. The van der Waals surface area contributed by atoms with Crippen molar-refractivity contribution in [2.45, 2.75) is 57.2 Å². The topological polar surface area (TPSA) is 87.1 Å². The average molecular weight is 481 g/mol. The van der Waals surface area contributed by atoms with Crippen LogP contribution in [0, 0.1) is 11.6 Å². The van der Waals surface area contributed by atoms with Gasteiger partial charge in [0.2, 0.25) is 0 Å². The molecular weight excluding hydrogens is 450 g/mol. The average Bonchev–Trinajstić information content (AvgIpc) is 2.86. The summed E-state index contributed by atoms with van der Waals surface area (Å²) in [6, 6.07) is 9.04. The fourth-order valence-corrected chi connectivity index (χ4v) is 4.61. The molecule has 3 N–H and O–H groups in total. The summed E-state index contributed by atoms with van der Waals surface area (Å²) >= 11 is 0. The second kappa shape index (κ2) is 11.5. The molecular formula is C27H30F2N4O2. The van der Waals surface area contributed by atoms with Crippen molar-refractivity contribution < 1.29 is 18.7 Å². The van der Waals surface area contributed by atoms with Gasteiger partial charge in [-0.1, -0.05) is 25.1 Å². The first-order valence-corrected chi connectivity index (χ1v) is 12.0. The number of rotatable bonds is 9. The quantitative estimate of drug-likeness (QED) is 0.435. The number of fused-ring (bicyclic) bond motifs is 1. The molecule has 1 heterocycles. The molecule has 0 aliphatic heterocycles. The molecule has 6 nitrogen and oxygen atoms in total. The molecule has 0 radical (unpaired) electrons. The zero-order valence-electron chi connectivity index (χ0n) is 19.7. The van der Waals surface area contributed by atoms with Crippen LogP contribution in [0.2, 0.25) is 0 Å². The predicted octanol–water partition coefficient (Wildman–Crippen LogP) is 3.69. The highest BCUT2D eigenvalue weighted by molar-refractivity contribution is 5.92. The summed E-state index contributed by atoms with van der Waals surface area (Å²) in [5.41, 5.74) is 4.25. The molecule has 3 aromatic rings. The van der Waals surface area contributed by atoms with Gasteiger partial charge in [0.15, 0.2) is 0 Å². The SMILES string of the molecule is CCc1ccc2c(c1)[C@@H](NC[C@H](O)[C@H](Cc1cc(F)cc(F)c1)NC(=O)c1cnccn1)CCC2. The van der Waals surface area contributed by atoms with Gasteiger partial charge in [0.1, 0.15) is 17.3 Å². The Bertz CT molecular complexity index is 1140. The van der Waals surface area contributed by atoms with Crippen molar-refractivity contribution in [3.05, 3.63) is 94.6 Å². The van der Waals surface area contributed by atoms with Crippen LogP contribution in [0.25, 0.3) is 0 Å². The van der Waals surface area contributed by atoms with Crippen molar-refractivity contribution >= 4 is 5.91 Å². The number of nitrogens with zero attached hydrogens (tertiary/aromatic N) is 2. The Morgan fingerprint density at radius 2 is 1.94 bits per heavy atom. The van der Waals surface area contributed by atoms with Gasteiger partial charge in [0, 0.05) is 31.0 Å². The molecule has 1 amide bonds. The second-order valence-electron chi connectivity index (χ2n) is 8.96. The standard InChI is InChI=1S/C27H30F2N4O2/c1-2-17-6-7-19-4-3-5-23(22(19)12-17)32-16-26(34)24(13-18-10-20(28)14-21(29)11-18)33-27(35)25-15-30-8-9-31-25/h6-12,14-15,23-24,26,32,34H,2-5,13,16H2,1H3,(H,33,35)/t23-,24-,26-/m0/s1. The van der Waals surface area contributed by atoms with Gasteiger partial charge in [0.25, 0.3) is 5.91 Å². The minimum Gasteiger partial charge on any atom is -0.390 e. The molecule has 2 aromatic carbocycles. The zero-order chi connectivity index (χ0) is 24.8. The van der Waals surface area contributed by atoms with Crippen molar-refractivity contribution in [1.82, 2.24) is 20.6 Å². The number of benzene rings is 2. The Balaban J connectivity index is 1.50. The summed E-state index contributed by atoms with van der Waals surface area (Å²) in [5.74, 6) is -1.94. The molecule has 0 unspecified atom stereocenters. The molecule has 8 heteroatoms. The summed E-state index contributed by atoms with van der Waals surface area (Å²) in [7, 11) is 0. The number of aromatic nitrogens is 2. The summed E-state index contributed by atoms with van der Waals surface area (Å²) in [5, 5.41) is 17.3. The lowest BCUT2D eigenvalue weighted by Gasteiger charge is -2.30. The van der Waals surface area contributed by atoms with Crippen LogP contribution in [0.15, 0.2) is 55.0 Å². The largest absolute Gasteiger partial charge is 0.390 e. The van der Waals surface area contributed by atoms with E-state index in [2.05, 4.69) is 45.7 Å². The van der Waals surface area contributed by atoms with Gasteiger partial charge in [-0.25, -0.2) is 13.8 Å². The van der Waals surface area contributed by atoms with Gasteiger partial charge >= 0.3 is 0 Å². The second-order valence-corrected chi connectivity index (χ2v) is 8.96. The number of halogens is 2. The van der Waals surface area contributed by atoms with E-state index in [1.165, 1.54) is 47.4 Å². The number of carbonyl (C=O) groups is 1. The maximum Gasteiger partial charge on any atom is 0.271 e. The first-order chi connectivity index (χ1) is 16.9. The zero-order valence-corrected chi connectivity index (χ0v) is 19.7. The van der Waals surface area contributed by atoms with Crippen molar-refractivity contribution in [2.75, 3.05) is 6.54 Å². The van der Waals surface area contributed by atoms with Gasteiger partial charge in [-0.05, 0) is 66.5 Å². The van der Waals surface area contributed by atoms with E-state index in [-0.39, 0.29) is 24.7 Å². The third-order valence-corrected chi connectivity index (χ3v) is 6.46. The lowest BCUT2D eigenvalue weighted by atomic mass is 9.86. The lowest BCUT2D eigenvalue weighted by Crippen LogP contribution is -2.49. The normalized spacial score (nSPS) is 16.9. The van der Waals surface area contributed by atoms with Crippen LogP contribution in [0.5, 0.6) is 0 Å². The molecule has 1 aromatic heterocycles. The predicted molar refractivity (Wildman–Crippen MR) is 129 cm³/mol. The van der Waals surface area contributed by atoms with Crippen LogP contribution in [0.3, 0.4) is 0 Å². The highest BCUT2D eigenvalue weighted by Gasteiger charge is 2.26. The number of amides is 1. The maximum absolute atomic E-state index is 13.8. The number of carbonyl (C=O) groups excluding carboxylic acids is 1. The Morgan fingerprint density at radius 3 is 2.66 bits per heavy atom. The molecule has 0 bridgehead atoms. The molecule has 1 aliphatic carbocycles. The molecule has 4 rings (SSSR count). The molecule has 35 heavy (non-hydrogen) atoms. The van der Waals surface area contributed by atoms with E-state index in [4.69, 9.17) is 0 Å². The molecule has 0 saturated carbocycles. The van der Waals surface area contributed by atoms with Crippen LogP contribution in [0.4, 0.5) is 8.78 Å². The van der Waals surface area contributed by atoms with E-state index in [1.807, 2.05) is 0 Å². The number of aryl methyl sites for hydroxylation is 2. The van der Waals surface area contributed by atoms with E-state index in [1.54, 1.807) is 0 Å². The van der Waals surface area contributed by atoms with Crippen LogP contribution < -0.4 is 10.6 Å². The minimum absolute atomic E-state index is 0.0464. The third kappa shape index (κ3) is 6.46. The van der Waals surface area contributed by atoms with Crippen LogP contribution in [0.1, 0.15) is 58.5 Å². The third-order valence-electron chi connectivity index (χ3n) is 6.46. The molecule has 3 atom stereocenters. The number of hydrogen-bond donors (Lipinski definition) is 3. The fourth-order valence-electron chi connectivity index (χ4n) is 4.61. The Hall–Kier alpha value is -3.23. The van der Waals surface area contributed by atoms with Crippen molar-refractivity contribution in [2.24, 2.45) is 0 Å². The monoisotopic (exact) mass is 480 g/mol. The summed E-state index contributed by atoms with van der Waals surface area (Å²) in [6.07, 6.45) is 7.17. The van der Waals surface area contributed by atoms with E-state index >= 15 is 0 Å². The van der Waals surface area contributed by atoms with Gasteiger partial charge in [0.05, 0.1) is 18.3 Å². The van der Waals surface area contributed by atoms with Gasteiger partial charge in [-0.15, -0.1) is 0 Å². The molecule has 0 fully saturated rings. The van der Waals surface area contributed by atoms with Gasteiger partial charge in [-0.3, -0.25) is 9.78 Å². The lowest BCUT2D eigenvalue weighted by molar-refractivity contribution is 0.0818. The number of nitrogens with one attached hydrogen (secondary N) is 2. The fraction of sp³-hybridized carbons (Fsp3) is 0.370. The molecule has 184 valence electrons. The van der Waals surface area contributed by atoms with Crippen molar-refractivity contribution in [1.29, 1.82) is 0 Å². The van der Waals surface area contributed by atoms with E-state index in [0.717, 1.165) is 31.7 Å².